The first-order valence-corrected chi connectivity index (χ1v) is 9.59. The predicted molar refractivity (Wildman–Crippen MR) is 110 cm³/mol. The summed E-state index contributed by atoms with van der Waals surface area (Å²) in [7, 11) is 0. The number of hydrogen-bond donors (Lipinski definition) is 1. The summed E-state index contributed by atoms with van der Waals surface area (Å²) in [5, 5.41) is 2.87. The third-order valence-electron chi connectivity index (χ3n) is 3.73. The number of anilines is 1. The molecule has 0 saturated carbocycles. The summed E-state index contributed by atoms with van der Waals surface area (Å²) in [6, 6.07) is 14.5. The number of hydrogen-bond acceptors (Lipinski definition) is 2. The molecule has 0 aromatic heterocycles. The number of nitrogens with zero attached hydrogens (tertiary/aromatic N) is 1. The topological polar surface area (TPSA) is 49.4 Å². The van der Waals surface area contributed by atoms with Gasteiger partial charge < -0.3 is 10.2 Å². The lowest BCUT2D eigenvalue weighted by atomic mass is 10.1. The van der Waals surface area contributed by atoms with Crippen molar-refractivity contribution in [3.8, 4) is 0 Å². The molecule has 1 N–H and O–H groups in total. The van der Waals surface area contributed by atoms with Gasteiger partial charge in [0.2, 0.25) is 0 Å². The lowest BCUT2D eigenvalue weighted by molar-refractivity contribution is 0.0755. The van der Waals surface area contributed by atoms with Gasteiger partial charge in [-0.05, 0) is 71.8 Å². The van der Waals surface area contributed by atoms with E-state index in [1.807, 2.05) is 23.1 Å². The van der Waals surface area contributed by atoms with Crippen molar-refractivity contribution < 1.29 is 9.59 Å². The van der Waals surface area contributed by atoms with Gasteiger partial charge in [-0.1, -0.05) is 26.0 Å². The Hall–Kier alpha value is -1.89. The Morgan fingerprint density at radius 2 is 1.60 bits per heavy atom. The smallest absolute Gasteiger partial charge is 0.255 e. The summed E-state index contributed by atoms with van der Waals surface area (Å²) in [6.07, 6.45) is 1.85. The van der Waals surface area contributed by atoms with E-state index in [1.165, 1.54) is 0 Å². The van der Waals surface area contributed by atoms with Crippen molar-refractivity contribution in [3.05, 3.63) is 63.2 Å². The van der Waals surface area contributed by atoms with Crippen molar-refractivity contribution in [1.29, 1.82) is 0 Å². The van der Waals surface area contributed by atoms with E-state index in [0.29, 0.717) is 16.8 Å². The van der Waals surface area contributed by atoms with Gasteiger partial charge in [0.05, 0.1) is 0 Å². The highest BCUT2D eigenvalue weighted by molar-refractivity contribution is 14.1. The molecule has 4 nitrogen and oxygen atoms in total. The van der Waals surface area contributed by atoms with Crippen LogP contribution in [0, 0.1) is 3.57 Å². The van der Waals surface area contributed by atoms with Crippen LogP contribution in [0.4, 0.5) is 5.69 Å². The molecule has 0 saturated heterocycles. The second kappa shape index (κ2) is 9.56. The second-order valence-electron chi connectivity index (χ2n) is 5.84. The van der Waals surface area contributed by atoms with Crippen LogP contribution in [-0.2, 0) is 0 Å². The highest BCUT2D eigenvalue weighted by atomic mass is 127. The van der Waals surface area contributed by atoms with Gasteiger partial charge in [0.25, 0.3) is 11.8 Å². The van der Waals surface area contributed by atoms with E-state index in [4.69, 9.17) is 0 Å². The maximum absolute atomic E-state index is 12.7. The minimum Gasteiger partial charge on any atom is -0.339 e. The zero-order valence-electron chi connectivity index (χ0n) is 14.6. The van der Waals surface area contributed by atoms with E-state index in [0.717, 1.165) is 29.5 Å². The number of benzene rings is 2. The molecule has 5 heteroatoms. The molecule has 0 aliphatic heterocycles. The Labute approximate surface area is 162 Å². The van der Waals surface area contributed by atoms with Gasteiger partial charge >= 0.3 is 0 Å². The molecular weight excluding hydrogens is 427 g/mol. The van der Waals surface area contributed by atoms with Crippen molar-refractivity contribution in [2.45, 2.75) is 26.7 Å². The monoisotopic (exact) mass is 450 g/mol. The first-order valence-electron chi connectivity index (χ1n) is 8.51. The summed E-state index contributed by atoms with van der Waals surface area (Å²) in [5.74, 6) is -0.170. The van der Waals surface area contributed by atoms with Gasteiger partial charge in [-0.3, -0.25) is 9.59 Å². The number of carbonyl (C=O) groups is 2. The highest BCUT2D eigenvalue weighted by Gasteiger charge is 2.15. The fraction of sp³-hybridized carbons (Fsp3) is 0.300. The van der Waals surface area contributed by atoms with Gasteiger partial charge in [-0.2, -0.15) is 0 Å². The van der Waals surface area contributed by atoms with E-state index in [-0.39, 0.29) is 11.8 Å². The van der Waals surface area contributed by atoms with E-state index < -0.39 is 0 Å². The third kappa shape index (κ3) is 5.56. The summed E-state index contributed by atoms with van der Waals surface area (Å²) in [4.78, 5) is 26.9. The van der Waals surface area contributed by atoms with Crippen molar-refractivity contribution in [3.63, 3.8) is 0 Å². The minimum absolute atomic E-state index is 0.00839. The summed E-state index contributed by atoms with van der Waals surface area (Å²) >= 11 is 2.18. The van der Waals surface area contributed by atoms with E-state index in [2.05, 4.69) is 41.8 Å². The molecular formula is C20H23IN2O2. The molecule has 2 amide bonds. The first-order chi connectivity index (χ1) is 12.0. The van der Waals surface area contributed by atoms with Crippen LogP contribution in [0.5, 0.6) is 0 Å². The van der Waals surface area contributed by atoms with Crippen LogP contribution in [-0.4, -0.2) is 29.8 Å². The molecule has 0 fully saturated rings. The van der Waals surface area contributed by atoms with E-state index >= 15 is 0 Å². The Bertz CT molecular complexity index is 740. The largest absolute Gasteiger partial charge is 0.339 e. The molecule has 2 rings (SSSR count). The summed E-state index contributed by atoms with van der Waals surface area (Å²) < 4.78 is 1.00. The molecule has 2 aromatic carbocycles. The standard InChI is InChI=1S/C20H23IN2O2/c1-3-11-23(12-4-2)20(25)16-8-6-10-18(14-16)22-19(24)15-7-5-9-17(21)13-15/h5-10,13-14H,3-4,11-12H2,1-2H3,(H,22,24). The Morgan fingerprint density at radius 1 is 0.960 bits per heavy atom. The Kier molecular flexibility index (Phi) is 7.43. The van der Waals surface area contributed by atoms with Crippen molar-refractivity contribution in [2.24, 2.45) is 0 Å². The average molecular weight is 450 g/mol. The quantitative estimate of drug-likeness (QED) is 0.616. The number of rotatable bonds is 7. The van der Waals surface area contributed by atoms with Crippen LogP contribution in [0.1, 0.15) is 47.4 Å². The van der Waals surface area contributed by atoms with Crippen LogP contribution in [0.25, 0.3) is 0 Å². The van der Waals surface area contributed by atoms with E-state index in [9.17, 15) is 9.59 Å². The number of amides is 2. The molecule has 0 spiro atoms. The maximum Gasteiger partial charge on any atom is 0.255 e. The van der Waals surface area contributed by atoms with Gasteiger partial charge in [0.1, 0.15) is 0 Å². The minimum atomic E-state index is -0.179. The van der Waals surface area contributed by atoms with Crippen LogP contribution < -0.4 is 5.32 Å². The molecule has 0 bridgehead atoms. The molecule has 0 unspecified atom stereocenters. The maximum atomic E-state index is 12.7. The summed E-state index contributed by atoms with van der Waals surface area (Å²) in [6.45, 7) is 5.61. The van der Waals surface area contributed by atoms with Crippen LogP contribution in [0.15, 0.2) is 48.5 Å². The Morgan fingerprint density at radius 3 is 2.24 bits per heavy atom. The fourth-order valence-corrected chi connectivity index (χ4v) is 3.14. The van der Waals surface area contributed by atoms with Crippen LogP contribution in [0.3, 0.4) is 0 Å². The summed E-state index contributed by atoms with van der Waals surface area (Å²) in [5.41, 5.74) is 1.83. The fourth-order valence-electron chi connectivity index (χ4n) is 2.60. The van der Waals surface area contributed by atoms with Crippen LogP contribution >= 0.6 is 22.6 Å². The normalized spacial score (nSPS) is 10.4. The zero-order chi connectivity index (χ0) is 18.2. The third-order valence-corrected chi connectivity index (χ3v) is 4.40. The molecule has 0 aliphatic rings. The lowest BCUT2D eigenvalue weighted by Crippen LogP contribution is -2.32. The van der Waals surface area contributed by atoms with Gasteiger partial charge in [-0.25, -0.2) is 0 Å². The van der Waals surface area contributed by atoms with E-state index in [1.54, 1.807) is 30.3 Å². The van der Waals surface area contributed by atoms with Gasteiger partial charge in [0.15, 0.2) is 0 Å². The number of halogens is 1. The Balaban J connectivity index is 2.15. The number of carbonyl (C=O) groups excluding carboxylic acids is 2. The van der Waals surface area contributed by atoms with Gasteiger partial charge in [0, 0.05) is 33.5 Å². The average Bonchev–Trinajstić information content (AvgIpc) is 2.61. The number of nitrogens with one attached hydrogen (secondary N) is 1. The molecule has 0 atom stereocenters. The molecule has 0 heterocycles. The van der Waals surface area contributed by atoms with Crippen molar-refractivity contribution in [2.75, 3.05) is 18.4 Å². The van der Waals surface area contributed by atoms with Gasteiger partial charge in [-0.15, -0.1) is 0 Å². The highest BCUT2D eigenvalue weighted by Crippen LogP contribution is 2.16. The molecule has 0 aliphatic carbocycles. The van der Waals surface area contributed by atoms with Crippen molar-refractivity contribution >= 4 is 40.1 Å². The molecule has 25 heavy (non-hydrogen) atoms. The first kappa shape index (κ1) is 19.4. The molecule has 132 valence electrons. The van der Waals surface area contributed by atoms with Crippen LogP contribution in [0.2, 0.25) is 0 Å². The predicted octanol–water partition coefficient (Wildman–Crippen LogP) is 4.81. The molecule has 2 aromatic rings. The second-order valence-corrected chi connectivity index (χ2v) is 7.08. The molecule has 0 radical (unpaired) electrons. The zero-order valence-corrected chi connectivity index (χ0v) is 16.7. The lowest BCUT2D eigenvalue weighted by Gasteiger charge is -2.21. The van der Waals surface area contributed by atoms with Crippen molar-refractivity contribution in [1.82, 2.24) is 4.90 Å². The SMILES string of the molecule is CCCN(CCC)C(=O)c1cccc(NC(=O)c2cccc(I)c2)c1.